The van der Waals surface area contributed by atoms with E-state index < -0.39 is 0 Å². The highest BCUT2D eigenvalue weighted by molar-refractivity contribution is 8.01. The van der Waals surface area contributed by atoms with Crippen molar-refractivity contribution in [2.24, 2.45) is 0 Å². The zero-order valence-electron chi connectivity index (χ0n) is 17.4. The quantitative estimate of drug-likeness (QED) is 0.470. The lowest BCUT2D eigenvalue weighted by Gasteiger charge is -2.35. The molecule has 5 nitrogen and oxygen atoms in total. The molecule has 1 aliphatic heterocycles. The molecule has 0 radical (unpaired) electrons. The summed E-state index contributed by atoms with van der Waals surface area (Å²) in [5.74, 6) is 0.298. The van der Waals surface area contributed by atoms with Crippen molar-refractivity contribution in [2.75, 3.05) is 48.7 Å². The first-order valence-corrected chi connectivity index (χ1v) is 12.6. The van der Waals surface area contributed by atoms with Gasteiger partial charge >= 0.3 is 0 Å². The van der Waals surface area contributed by atoms with E-state index in [0.29, 0.717) is 10.8 Å². The van der Waals surface area contributed by atoms with Crippen LogP contribution in [0.4, 0.5) is 11.4 Å². The molecule has 2 heterocycles. The smallest absolute Gasteiger partial charge is 0.234 e. The van der Waals surface area contributed by atoms with Crippen LogP contribution in [-0.4, -0.2) is 54.3 Å². The number of rotatable bonds is 7. The molecule has 8 heteroatoms. The third-order valence-corrected chi connectivity index (χ3v) is 7.56. The maximum absolute atomic E-state index is 12.4. The minimum absolute atomic E-state index is 0.0300. The van der Waals surface area contributed by atoms with Crippen LogP contribution in [0, 0.1) is 0 Å². The molecule has 1 saturated heterocycles. The summed E-state index contributed by atoms with van der Waals surface area (Å²) in [6.45, 7) is 7.61. The number of nitrogens with zero attached hydrogens (tertiary/aromatic N) is 3. The number of thioether (sulfide) groups is 1. The van der Waals surface area contributed by atoms with E-state index in [2.05, 4.69) is 39.2 Å². The van der Waals surface area contributed by atoms with Crippen LogP contribution in [0.3, 0.4) is 0 Å². The Labute approximate surface area is 196 Å². The van der Waals surface area contributed by atoms with Crippen molar-refractivity contribution in [2.45, 2.75) is 11.3 Å². The SMILES string of the molecule is CCN1CCN(c2ccc(NC(=O)CSc3nc(-c4ccc(Cl)cc4)cs3)cc2)CC1. The van der Waals surface area contributed by atoms with Crippen LogP contribution in [0.5, 0.6) is 0 Å². The molecule has 0 spiro atoms. The van der Waals surface area contributed by atoms with E-state index in [0.717, 1.165) is 54.0 Å². The Kier molecular flexibility index (Phi) is 7.50. The Morgan fingerprint density at radius 3 is 2.48 bits per heavy atom. The number of likely N-dealkylation sites (N-methyl/N-ethyl adjacent to an activating group) is 1. The third-order valence-electron chi connectivity index (χ3n) is 5.29. The summed E-state index contributed by atoms with van der Waals surface area (Å²) in [6, 6.07) is 15.7. The van der Waals surface area contributed by atoms with Crippen LogP contribution in [0.25, 0.3) is 11.3 Å². The first-order valence-electron chi connectivity index (χ1n) is 10.3. The van der Waals surface area contributed by atoms with Crippen molar-refractivity contribution >= 4 is 52.0 Å². The highest BCUT2D eigenvalue weighted by Gasteiger charge is 2.16. The normalized spacial score (nSPS) is 14.6. The summed E-state index contributed by atoms with van der Waals surface area (Å²) in [6.07, 6.45) is 0. The molecule has 1 aromatic heterocycles. The Morgan fingerprint density at radius 1 is 1.10 bits per heavy atom. The third kappa shape index (κ3) is 6.01. The van der Waals surface area contributed by atoms with E-state index in [-0.39, 0.29) is 5.91 Å². The lowest BCUT2D eigenvalue weighted by atomic mass is 10.2. The van der Waals surface area contributed by atoms with Gasteiger partial charge in [0.25, 0.3) is 0 Å². The van der Waals surface area contributed by atoms with Gasteiger partial charge < -0.3 is 15.1 Å². The fraction of sp³-hybridized carbons (Fsp3) is 0.304. The summed E-state index contributed by atoms with van der Waals surface area (Å²) in [5.41, 5.74) is 3.95. The highest BCUT2D eigenvalue weighted by atomic mass is 35.5. The number of halogens is 1. The van der Waals surface area contributed by atoms with E-state index >= 15 is 0 Å². The minimum Gasteiger partial charge on any atom is -0.369 e. The summed E-state index contributed by atoms with van der Waals surface area (Å²) in [7, 11) is 0. The molecule has 162 valence electrons. The largest absolute Gasteiger partial charge is 0.369 e. The molecular formula is C23H25ClN4OS2. The van der Waals surface area contributed by atoms with Crippen molar-refractivity contribution < 1.29 is 4.79 Å². The maximum atomic E-state index is 12.4. The van der Waals surface area contributed by atoms with Crippen molar-refractivity contribution in [3.05, 3.63) is 58.9 Å². The second-order valence-corrected chi connectivity index (χ2v) is 9.83. The Balaban J connectivity index is 1.26. The topological polar surface area (TPSA) is 48.5 Å². The molecule has 2 aromatic carbocycles. The van der Waals surface area contributed by atoms with Crippen LogP contribution < -0.4 is 10.2 Å². The van der Waals surface area contributed by atoms with Gasteiger partial charge in [-0.3, -0.25) is 4.79 Å². The average molecular weight is 473 g/mol. The maximum Gasteiger partial charge on any atom is 0.234 e. The van der Waals surface area contributed by atoms with Crippen LogP contribution in [0.2, 0.25) is 5.02 Å². The molecule has 1 amide bonds. The van der Waals surface area contributed by atoms with Gasteiger partial charge in [0.2, 0.25) is 5.91 Å². The van der Waals surface area contributed by atoms with Crippen molar-refractivity contribution in [1.82, 2.24) is 9.88 Å². The highest BCUT2D eigenvalue weighted by Crippen LogP contribution is 2.29. The molecule has 0 unspecified atom stereocenters. The summed E-state index contributed by atoms with van der Waals surface area (Å²) in [5, 5.41) is 5.69. The summed E-state index contributed by atoms with van der Waals surface area (Å²) < 4.78 is 0.877. The molecule has 0 aliphatic carbocycles. The van der Waals surface area contributed by atoms with Gasteiger partial charge in [-0.2, -0.15) is 0 Å². The van der Waals surface area contributed by atoms with Crippen molar-refractivity contribution in [3.8, 4) is 11.3 Å². The van der Waals surface area contributed by atoms with Gasteiger partial charge in [-0.05, 0) is 42.9 Å². The number of carbonyl (C=O) groups is 1. The lowest BCUT2D eigenvalue weighted by Crippen LogP contribution is -2.46. The van der Waals surface area contributed by atoms with E-state index in [4.69, 9.17) is 11.6 Å². The van der Waals surface area contributed by atoms with Gasteiger partial charge in [-0.15, -0.1) is 11.3 Å². The van der Waals surface area contributed by atoms with E-state index in [1.54, 1.807) is 11.3 Å². The molecule has 31 heavy (non-hydrogen) atoms. The molecule has 1 fully saturated rings. The van der Waals surface area contributed by atoms with Crippen molar-refractivity contribution in [1.29, 1.82) is 0 Å². The van der Waals surface area contributed by atoms with Crippen LogP contribution >= 0.6 is 34.7 Å². The second-order valence-electron chi connectivity index (χ2n) is 7.31. The number of nitrogens with one attached hydrogen (secondary N) is 1. The number of hydrogen-bond donors (Lipinski definition) is 1. The van der Waals surface area contributed by atoms with E-state index in [9.17, 15) is 4.79 Å². The first kappa shape index (κ1) is 22.1. The number of thiazole rings is 1. The number of hydrogen-bond acceptors (Lipinski definition) is 6. The fourth-order valence-corrected chi connectivity index (χ4v) is 5.24. The van der Waals surface area contributed by atoms with Crippen LogP contribution in [-0.2, 0) is 4.79 Å². The van der Waals surface area contributed by atoms with Gasteiger partial charge in [-0.25, -0.2) is 4.98 Å². The monoisotopic (exact) mass is 472 g/mol. The second kappa shape index (κ2) is 10.5. The number of amides is 1. The Bertz CT molecular complexity index is 999. The van der Waals surface area contributed by atoms with Gasteiger partial charge in [0, 0.05) is 53.5 Å². The van der Waals surface area contributed by atoms with Crippen LogP contribution in [0.15, 0.2) is 58.3 Å². The standard InChI is InChI=1S/C23H25ClN4OS2/c1-2-27-11-13-28(14-12-27)20-9-7-19(8-10-20)25-22(29)16-31-23-26-21(15-30-23)17-3-5-18(24)6-4-17/h3-10,15H,2,11-14,16H2,1H3,(H,25,29). The zero-order chi connectivity index (χ0) is 21.6. The Morgan fingerprint density at radius 2 is 1.81 bits per heavy atom. The molecule has 0 atom stereocenters. The molecular weight excluding hydrogens is 448 g/mol. The predicted octanol–water partition coefficient (Wildman–Crippen LogP) is 5.34. The van der Waals surface area contributed by atoms with Gasteiger partial charge in [-0.1, -0.05) is 42.4 Å². The van der Waals surface area contributed by atoms with E-state index in [1.807, 2.05) is 41.8 Å². The average Bonchev–Trinajstić information content (AvgIpc) is 3.28. The van der Waals surface area contributed by atoms with Gasteiger partial charge in [0.1, 0.15) is 0 Å². The molecule has 1 N–H and O–H groups in total. The molecule has 1 aliphatic rings. The van der Waals surface area contributed by atoms with E-state index in [1.165, 1.54) is 17.4 Å². The summed E-state index contributed by atoms with van der Waals surface area (Å²) in [4.78, 5) is 21.8. The molecule has 0 saturated carbocycles. The first-order chi connectivity index (χ1) is 15.1. The minimum atomic E-state index is -0.0300. The fourth-order valence-electron chi connectivity index (χ4n) is 3.48. The lowest BCUT2D eigenvalue weighted by molar-refractivity contribution is -0.113. The molecule has 4 rings (SSSR count). The van der Waals surface area contributed by atoms with Crippen molar-refractivity contribution in [3.63, 3.8) is 0 Å². The zero-order valence-corrected chi connectivity index (χ0v) is 19.8. The number of benzene rings is 2. The summed E-state index contributed by atoms with van der Waals surface area (Å²) >= 11 is 8.94. The number of carbonyl (C=O) groups excluding carboxylic acids is 1. The molecule has 3 aromatic rings. The number of anilines is 2. The van der Waals surface area contributed by atoms with Gasteiger partial charge in [0.15, 0.2) is 4.34 Å². The predicted molar refractivity (Wildman–Crippen MR) is 133 cm³/mol. The number of aromatic nitrogens is 1. The van der Waals surface area contributed by atoms with Crippen LogP contribution in [0.1, 0.15) is 6.92 Å². The van der Waals surface area contributed by atoms with Gasteiger partial charge in [0.05, 0.1) is 11.4 Å². The molecule has 0 bridgehead atoms. The number of piperazine rings is 1. The Hall–Kier alpha value is -2.06.